The van der Waals surface area contributed by atoms with Gasteiger partial charge in [-0.05, 0) is 6.07 Å². The van der Waals surface area contributed by atoms with E-state index in [-0.39, 0.29) is 11.3 Å². The van der Waals surface area contributed by atoms with Gasteiger partial charge in [0.15, 0.2) is 0 Å². The Morgan fingerprint density at radius 3 is 2.84 bits per heavy atom. The normalized spacial score (nSPS) is 10.4. The van der Waals surface area contributed by atoms with Gasteiger partial charge in [0.05, 0.1) is 22.5 Å². The van der Waals surface area contributed by atoms with Crippen molar-refractivity contribution in [3.63, 3.8) is 0 Å². The molecule has 0 fully saturated rings. The molecule has 0 aliphatic carbocycles. The van der Waals surface area contributed by atoms with E-state index >= 15 is 0 Å². The molecule has 1 amide bonds. The third-order valence-corrected chi connectivity index (χ3v) is 3.12. The first-order valence-electron chi connectivity index (χ1n) is 5.47. The summed E-state index contributed by atoms with van der Waals surface area (Å²) in [5.74, 6) is -2.44. The average Bonchev–Trinajstić information content (AvgIpc) is 2.86. The zero-order valence-electron chi connectivity index (χ0n) is 9.82. The van der Waals surface area contributed by atoms with Gasteiger partial charge in [0.1, 0.15) is 11.6 Å². The summed E-state index contributed by atoms with van der Waals surface area (Å²) in [6.45, 7) is 0.319. The van der Waals surface area contributed by atoms with Crippen molar-refractivity contribution in [1.29, 1.82) is 0 Å². The predicted octanol–water partition coefficient (Wildman–Crippen LogP) is 1.98. The number of nitrogens with zero attached hydrogens (tertiary/aromatic N) is 1. The lowest BCUT2D eigenvalue weighted by atomic mass is 10.1. The molecule has 0 bridgehead atoms. The maximum atomic E-state index is 13.4. The number of carbonyl (C=O) groups excluding carboxylic acids is 1. The van der Waals surface area contributed by atoms with Gasteiger partial charge in [-0.15, -0.1) is 11.3 Å². The van der Waals surface area contributed by atoms with Crippen molar-refractivity contribution in [2.75, 3.05) is 12.3 Å². The number of anilines is 1. The zero-order chi connectivity index (χ0) is 13.8. The molecule has 0 aliphatic rings. The molecule has 2 aromatic rings. The van der Waals surface area contributed by atoms with Crippen LogP contribution < -0.4 is 11.1 Å². The van der Waals surface area contributed by atoms with E-state index in [9.17, 15) is 13.6 Å². The maximum Gasteiger partial charge on any atom is 0.254 e. The Morgan fingerprint density at radius 2 is 2.16 bits per heavy atom. The minimum Gasteiger partial charge on any atom is -0.396 e. The number of aromatic nitrogens is 1. The van der Waals surface area contributed by atoms with Gasteiger partial charge in [0, 0.05) is 24.4 Å². The lowest BCUT2D eigenvalue weighted by molar-refractivity contribution is 0.0950. The topological polar surface area (TPSA) is 68.0 Å². The van der Waals surface area contributed by atoms with E-state index in [1.807, 2.05) is 5.38 Å². The van der Waals surface area contributed by atoms with Crippen molar-refractivity contribution < 1.29 is 13.6 Å². The average molecular weight is 283 g/mol. The molecular weight excluding hydrogens is 272 g/mol. The lowest BCUT2D eigenvalue weighted by Crippen LogP contribution is -2.26. The molecule has 0 radical (unpaired) electrons. The second-order valence-electron chi connectivity index (χ2n) is 3.84. The number of nitrogen functional groups attached to an aromatic ring is 1. The summed E-state index contributed by atoms with van der Waals surface area (Å²) in [6.07, 6.45) is 0.549. The van der Waals surface area contributed by atoms with Crippen LogP contribution >= 0.6 is 11.3 Å². The van der Waals surface area contributed by atoms with E-state index in [0.29, 0.717) is 19.0 Å². The number of nitrogens with two attached hydrogens (primary N) is 1. The van der Waals surface area contributed by atoms with E-state index in [2.05, 4.69) is 10.3 Å². The summed E-state index contributed by atoms with van der Waals surface area (Å²) in [4.78, 5) is 15.8. The number of amides is 1. The first-order valence-corrected chi connectivity index (χ1v) is 6.42. The Kier molecular flexibility index (Phi) is 4.06. The fourth-order valence-electron chi connectivity index (χ4n) is 1.50. The number of carbonyl (C=O) groups is 1. The van der Waals surface area contributed by atoms with Gasteiger partial charge in [-0.1, -0.05) is 0 Å². The van der Waals surface area contributed by atoms with Crippen LogP contribution in [0.4, 0.5) is 14.5 Å². The molecule has 0 unspecified atom stereocenters. The third kappa shape index (κ3) is 3.25. The summed E-state index contributed by atoms with van der Waals surface area (Å²) < 4.78 is 26.4. The van der Waals surface area contributed by atoms with Crippen LogP contribution in [0, 0.1) is 11.6 Å². The smallest absolute Gasteiger partial charge is 0.254 e. The highest BCUT2D eigenvalue weighted by Crippen LogP contribution is 2.16. The van der Waals surface area contributed by atoms with E-state index in [1.165, 1.54) is 11.3 Å². The Balaban J connectivity index is 1.98. The fraction of sp³-hybridized carbons (Fsp3) is 0.167. The molecule has 1 aromatic heterocycles. The van der Waals surface area contributed by atoms with Crippen LogP contribution in [0.2, 0.25) is 0 Å². The number of rotatable bonds is 4. The van der Waals surface area contributed by atoms with Gasteiger partial charge in [-0.3, -0.25) is 4.79 Å². The summed E-state index contributed by atoms with van der Waals surface area (Å²) in [5.41, 5.74) is 7.32. The van der Waals surface area contributed by atoms with Gasteiger partial charge in [-0.25, -0.2) is 13.8 Å². The molecule has 19 heavy (non-hydrogen) atoms. The third-order valence-electron chi connectivity index (χ3n) is 2.48. The first kappa shape index (κ1) is 13.4. The van der Waals surface area contributed by atoms with Gasteiger partial charge in [0.25, 0.3) is 5.91 Å². The molecular formula is C12H11F2N3OS. The molecule has 0 saturated carbocycles. The molecule has 1 aromatic carbocycles. The monoisotopic (exact) mass is 283 g/mol. The van der Waals surface area contributed by atoms with E-state index < -0.39 is 17.5 Å². The highest BCUT2D eigenvalue weighted by molar-refractivity contribution is 7.07. The minimum absolute atomic E-state index is 0.258. The molecule has 0 spiro atoms. The van der Waals surface area contributed by atoms with Crippen molar-refractivity contribution in [3.05, 3.63) is 45.9 Å². The minimum atomic E-state index is -0.933. The van der Waals surface area contributed by atoms with E-state index in [4.69, 9.17) is 5.73 Å². The molecule has 0 atom stereocenters. The highest BCUT2D eigenvalue weighted by atomic mass is 32.1. The van der Waals surface area contributed by atoms with Crippen molar-refractivity contribution in [1.82, 2.24) is 10.3 Å². The SMILES string of the molecule is Nc1cc(C(=O)NCCc2cscn2)c(F)cc1F. The van der Waals surface area contributed by atoms with Crippen LogP contribution in [0.25, 0.3) is 0 Å². The maximum absolute atomic E-state index is 13.4. The number of thiazole rings is 1. The van der Waals surface area contributed by atoms with Gasteiger partial charge in [-0.2, -0.15) is 0 Å². The molecule has 2 rings (SSSR count). The van der Waals surface area contributed by atoms with Crippen LogP contribution in [0.5, 0.6) is 0 Å². The second-order valence-corrected chi connectivity index (χ2v) is 4.56. The van der Waals surface area contributed by atoms with E-state index in [0.717, 1.165) is 11.8 Å². The Morgan fingerprint density at radius 1 is 1.37 bits per heavy atom. The Bertz CT molecular complexity index is 587. The first-order chi connectivity index (χ1) is 9.08. The van der Waals surface area contributed by atoms with Crippen molar-refractivity contribution in [2.45, 2.75) is 6.42 Å². The van der Waals surface area contributed by atoms with Crippen molar-refractivity contribution in [3.8, 4) is 0 Å². The summed E-state index contributed by atoms with van der Waals surface area (Å²) in [5, 5.41) is 4.40. The van der Waals surface area contributed by atoms with Crippen molar-refractivity contribution in [2.24, 2.45) is 0 Å². The standard InChI is InChI=1S/C12H11F2N3OS/c13-9-4-10(14)11(15)3-8(9)12(18)16-2-1-7-5-19-6-17-7/h3-6H,1-2,15H2,(H,16,18). The summed E-state index contributed by atoms with van der Waals surface area (Å²) >= 11 is 1.46. The zero-order valence-corrected chi connectivity index (χ0v) is 10.6. The van der Waals surface area contributed by atoms with Crippen molar-refractivity contribution >= 4 is 22.9 Å². The number of hydrogen-bond acceptors (Lipinski definition) is 4. The lowest BCUT2D eigenvalue weighted by Gasteiger charge is -2.06. The van der Waals surface area contributed by atoms with Crippen LogP contribution in [0.3, 0.4) is 0 Å². The van der Waals surface area contributed by atoms with Crippen LogP contribution in [-0.2, 0) is 6.42 Å². The molecule has 1 heterocycles. The largest absolute Gasteiger partial charge is 0.396 e. The van der Waals surface area contributed by atoms with Gasteiger partial charge >= 0.3 is 0 Å². The Labute approximate surface area is 112 Å². The number of halogens is 2. The fourth-order valence-corrected chi connectivity index (χ4v) is 2.09. The van der Waals surface area contributed by atoms with Gasteiger partial charge < -0.3 is 11.1 Å². The number of benzene rings is 1. The molecule has 0 saturated heterocycles. The summed E-state index contributed by atoms with van der Waals surface area (Å²) in [7, 11) is 0. The molecule has 100 valence electrons. The Hall–Kier alpha value is -2.02. The van der Waals surface area contributed by atoms with Crippen LogP contribution in [0.15, 0.2) is 23.0 Å². The van der Waals surface area contributed by atoms with Crippen LogP contribution in [0.1, 0.15) is 16.1 Å². The summed E-state index contributed by atoms with van der Waals surface area (Å²) in [6, 6.07) is 1.59. The molecule has 4 nitrogen and oxygen atoms in total. The highest BCUT2D eigenvalue weighted by Gasteiger charge is 2.14. The van der Waals surface area contributed by atoms with Gasteiger partial charge in [0.2, 0.25) is 0 Å². The molecule has 3 N–H and O–H groups in total. The molecule has 0 aliphatic heterocycles. The van der Waals surface area contributed by atoms with Crippen LogP contribution in [-0.4, -0.2) is 17.4 Å². The number of nitrogens with one attached hydrogen (secondary N) is 1. The quantitative estimate of drug-likeness (QED) is 0.843. The van der Waals surface area contributed by atoms with E-state index in [1.54, 1.807) is 5.51 Å². The predicted molar refractivity (Wildman–Crippen MR) is 68.9 cm³/mol. The second kappa shape index (κ2) is 5.75. The number of hydrogen-bond donors (Lipinski definition) is 2. The molecule has 7 heteroatoms.